The molecule has 3 heterocycles. The summed E-state index contributed by atoms with van der Waals surface area (Å²) < 4.78 is 1.68. The fourth-order valence-electron chi connectivity index (χ4n) is 6.18. The molecular formula is C26H31N3O4. The summed E-state index contributed by atoms with van der Waals surface area (Å²) in [5.74, 6) is -1.21. The highest BCUT2D eigenvalue weighted by molar-refractivity contribution is 5.85. The van der Waals surface area contributed by atoms with E-state index in [2.05, 4.69) is 5.32 Å². The number of carbonyl (C=O) groups excluding carboxylic acids is 2. The molecule has 1 saturated heterocycles. The highest BCUT2D eigenvalue weighted by Gasteiger charge is 2.58. The molecule has 0 unspecified atom stereocenters. The highest BCUT2D eigenvalue weighted by atomic mass is 16.3. The molecule has 2 N–H and O–H groups in total. The quantitative estimate of drug-likeness (QED) is 0.733. The molecule has 174 valence electrons. The minimum absolute atomic E-state index is 0.0404. The third-order valence-electron chi connectivity index (χ3n) is 7.84. The standard InChI is InChI=1S/C26H31N3O4/c1-16(17-8-3-2-4-9-17)27-25(32)23-19(15-30)21-14-28-20(12-7-13-22(28)31)24(23)29(21)26(33)18-10-5-6-11-18/h2-4,7-9,12-13,16,18-19,21,23-24,30H,5-6,10-11,14-15H2,1H3,(H,27,32)/t16-,19-,21-,23+,24+/m0/s1. The number of hydrogen-bond donors (Lipinski definition) is 2. The van der Waals surface area contributed by atoms with Gasteiger partial charge in [-0.3, -0.25) is 14.4 Å². The van der Waals surface area contributed by atoms with E-state index in [4.69, 9.17) is 0 Å². The number of aromatic nitrogens is 1. The molecule has 7 heteroatoms. The first-order chi connectivity index (χ1) is 16.0. The summed E-state index contributed by atoms with van der Waals surface area (Å²) in [5.41, 5.74) is 1.54. The lowest BCUT2D eigenvalue weighted by atomic mass is 9.86. The lowest BCUT2D eigenvalue weighted by Gasteiger charge is -2.39. The van der Waals surface area contributed by atoms with Crippen LogP contribution in [0.5, 0.6) is 0 Å². The third-order valence-corrected chi connectivity index (χ3v) is 7.84. The van der Waals surface area contributed by atoms with E-state index in [1.807, 2.05) is 48.2 Å². The van der Waals surface area contributed by atoms with Gasteiger partial charge in [0.1, 0.15) is 0 Å². The summed E-state index contributed by atoms with van der Waals surface area (Å²) in [6, 6.07) is 13.6. The number of aliphatic hydroxyl groups is 1. The Balaban J connectivity index is 1.53. The van der Waals surface area contributed by atoms with Crippen molar-refractivity contribution < 1.29 is 14.7 Å². The van der Waals surface area contributed by atoms with Crippen molar-refractivity contribution in [3.63, 3.8) is 0 Å². The molecule has 33 heavy (non-hydrogen) atoms. The van der Waals surface area contributed by atoms with Gasteiger partial charge >= 0.3 is 0 Å². The van der Waals surface area contributed by atoms with Crippen molar-refractivity contribution in [1.29, 1.82) is 0 Å². The number of rotatable bonds is 5. The Bertz CT molecular complexity index is 1090. The van der Waals surface area contributed by atoms with E-state index in [1.54, 1.807) is 10.6 Å². The summed E-state index contributed by atoms with van der Waals surface area (Å²) in [4.78, 5) is 41.8. The molecule has 2 bridgehead atoms. The second-order valence-electron chi connectivity index (χ2n) is 9.65. The number of amides is 2. The number of carbonyl (C=O) groups is 2. The molecule has 2 amide bonds. The lowest BCUT2D eigenvalue weighted by Crippen LogP contribution is -2.50. The van der Waals surface area contributed by atoms with E-state index in [0.717, 1.165) is 31.2 Å². The van der Waals surface area contributed by atoms with Crippen molar-refractivity contribution in [2.24, 2.45) is 17.8 Å². The van der Waals surface area contributed by atoms with Crippen LogP contribution in [0.15, 0.2) is 53.3 Å². The fourth-order valence-corrected chi connectivity index (χ4v) is 6.18. The Hall–Kier alpha value is -2.93. The van der Waals surface area contributed by atoms with Crippen LogP contribution in [0, 0.1) is 17.8 Å². The Morgan fingerprint density at radius 1 is 1.09 bits per heavy atom. The number of nitrogens with zero attached hydrogens (tertiary/aromatic N) is 2. The van der Waals surface area contributed by atoms with Crippen LogP contribution in [-0.2, 0) is 16.1 Å². The first-order valence-electron chi connectivity index (χ1n) is 12.0. The van der Waals surface area contributed by atoms with Crippen molar-refractivity contribution in [3.05, 3.63) is 70.1 Å². The second-order valence-corrected chi connectivity index (χ2v) is 9.65. The van der Waals surface area contributed by atoms with Gasteiger partial charge in [-0.25, -0.2) is 0 Å². The van der Waals surface area contributed by atoms with Crippen molar-refractivity contribution in [2.45, 2.75) is 57.3 Å². The summed E-state index contributed by atoms with van der Waals surface area (Å²) >= 11 is 0. The van der Waals surface area contributed by atoms with Crippen LogP contribution in [0.25, 0.3) is 0 Å². The topological polar surface area (TPSA) is 91.6 Å². The van der Waals surface area contributed by atoms with Gasteiger partial charge in [0.2, 0.25) is 11.8 Å². The summed E-state index contributed by atoms with van der Waals surface area (Å²) in [6.45, 7) is 2.03. The lowest BCUT2D eigenvalue weighted by molar-refractivity contribution is -0.141. The van der Waals surface area contributed by atoms with Gasteiger partial charge in [-0.2, -0.15) is 0 Å². The summed E-state index contributed by atoms with van der Waals surface area (Å²) in [7, 11) is 0. The molecule has 2 fully saturated rings. The fraction of sp³-hybridized carbons (Fsp3) is 0.500. The Labute approximate surface area is 193 Å². The summed E-state index contributed by atoms with van der Waals surface area (Å²) in [5, 5.41) is 13.5. The SMILES string of the molecule is C[C@H](NC(=O)[C@@H]1[C@@H](CO)[C@@H]2Cn3c(cccc3=O)[C@H]1N2C(=O)C1CCCC1)c1ccccc1. The van der Waals surface area contributed by atoms with E-state index in [1.165, 1.54) is 6.07 Å². The maximum absolute atomic E-state index is 13.7. The zero-order valence-corrected chi connectivity index (χ0v) is 18.9. The van der Waals surface area contributed by atoms with Gasteiger partial charge in [-0.05, 0) is 31.4 Å². The van der Waals surface area contributed by atoms with Crippen LogP contribution in [0.2, 0.25) is 0 Å². The molecule has 5 rings (SSSR count). The molecule has 1 aromatic carbocycles. The highest BCUT2D eigenvalue weighted by Crippen LogP contribution is 2.49. The van der Waals surface area contributed by atoms with Crippen molar-refractivity contribution in [1.82, 2.24) is 14.8 Å². The second kappa shape index (κ2) is 8.78. The van der Waals surface area contributed by atoms with Crippen molar-refractivity contribution in [3.8, 4) is 0 Å². The maximum atomic E-state index is 13.7. The predicted octanol–water partition coefficient (Wildman–Crippen LogP) is 2.41. The molecular weight excluding hydrogens is 418 g/mol. The van der Waals surface area contributed by atoms with Crippen LogP contribution in [0.4, 0.5) is 0 Å². The number of hydrogen-bond acceptors (Lipinski definition) is 4. The van der Waals surface area contributed by atoms with Crippen LogP contribution >= 0.6 is 0 Å². The first-order valence-corrected chi connectivity index (χ1v) is 12.0. The minimum atomic E-state index is -0.618. The summed E-state index contributed by atoms with van der Waals surface area (Å²) in [6.07, 6.45) is 3.80. The number of nitrogens with one attached hydrogen (secondary N) is 1. The van der Waals surface area contributed by atoms with E-state index in [9.17, 15) is 19.5 Å². The normalized spacial score (nSPS) is 27.3. The molecule has 5 atom stereocenters. The monoisotopic (exact) mass is 449 g/mol. The van der Waals surface area contributed by atoms with Gasteiger partial charge in [0, 0.05) is 36.7 Å². The van der Waals surface area contributed by atoms with Gasteiger partial charge in [-0.15, -0.1) is 0 Å². The molecule has 2 aliphatic heterocycles. The smallest absolute Gasteiger partial charge is 0.250 e. The molecule has 2 aromatic rings. The van der Waals surface area contributed by atoms with Crippen LogP contribution in [0.3, 0.4) is 0 Å². The van der Waals surface area contributed by atoms with E-state index < -0.39 is 17.9 Å². The van der Waals surface area contributed by atoms with Gasteiger partial charge in [0.25, 0.3) is 5.56 Å². The van der Waals surface area contributed by atoms with Gasteiger partial charge < -0.3 is 19.9 Å². The van der Waals surface area contributed by atoms with E-state index in [0.29, 0.717) is 12.2 Å². The van der Waals surface area contributed by atoms with E-state index in [-0.39, 0.29) is 42.0 Å². The Kier molecular flexibility index (Phi) is 5.83. The molecule has 1 saturated carbocycles. The molecule has 7 nitrogen and oxygen atoms in total. The molecule has 0 radical (unpaired) electrons. The zero-order valence-electron chi connectivity index (χ0n) is 18.9. The molecule has 3 aliphatic rings. The van der Waals surface area contributed by atoms with Crippen LogP contribution in [0.1, 0.15) is 55.9 Å². The number of fused-ring (bicyclic) bond motifs is 4. The van der Waals surface area contributed by atoms with Gasteiger partial charge in [0.15, 0.2) is 0 Å². The molecule has 1 aliphatic carbocycles. The average Bonchev–Trinajstić information content (AvgIpc) is 3.44. The predicted molar refractivity (Wildman–Crippen MR) is 123 cm³/mol. The van der Waals surface area contributed by atoms with Gasteiger partial charge in [-0.1, -0.05) is 49.2 Å². The number of benzene rings is 1. The van der Waals surface area contributed by atoms with Crippen LogP contribution < -0.4 is 10.9 Å². The third kappa shape index (κ3) is 3.68. The zero-order chi connectivity index (χ0) is 23.1. The Morgan fingerprint density at radius 2 is 1.82 bits per heavy atom. The van der Waals surface area contributed by atoms with Crippen LogP contribution in [-0.4, -0.2) is 39.0 Å². The van der Waals surface area contributed by atoms with Gasteiger partial charge in [0.05, 0.1) is 24.0 Å². The first kappa shape index (κ1) is 21.9. The number of pyridine rings is 1. The van der Waals surface area contributed by atoms with Crippen molar-refractivity contribution >= 4 is 11.8 Å². The number of aliphatic hydroxyl groups excluding tert-OH is 1. The minimum Gasteiger partial charge on any atom is -0.396 e. The largest absolute Gasteiger partial charge is 0.396 e. The molecule has 0 spiro atoms. The molecule has 1 aromatic heterocycles. The van der Waals surface area contributed by atoms with Crippen molar-refractivity contribution in [2.75, 3.05) is 6.61 Å². The average molecular weight is 450 g/mol. The maximum Gasteiger partial charge on any atom is 0.250 e. The Morgan fingerprint density at radius 3 is 2.52 bits per heavy atom. The van der Waals surface area contributed by atoms with E-state index >= 15 is 0 Å².